The van der Waals surface area contributed by atoms with Crippen LogP contribution < -0.4 is 4.90 Å². The minimum absolute atomic E-state index is 0.892. The van der Waals surface area contributed by atoms with Gasteiger partial charge >= 0.3 is 0 Å². The highest BCUT2D eigenvalue weighted by Crippen LogP contribution is 2.43. The van der Waals surface area contributed by atoms with Gasteiger partial charge in [-0.25, -0.2) is 0 Å². The Morgan fingerprint density at radius 2 is 0.982 bits per heavy atom. The molecule has 262 valence electrons. The molecule has 0 spiro atoms. The number of aromatic nitrogens is 1. The van der Waals surface area contributed by atoms with E-state index >= 15 is 0 Å². The van der Waals surface area contributed by atoms with Gasteiger partial charge in [0.1, 0.15) is 11.2 Å². The lowest BCUT2D eigenvalue weighted by Gasteiger charge is -2.26. The molecule has 0 N–H and O–H groups in total. The van der Waals surface area contributed by atoms with Crippen LogP contribution in [0.1, 0.15) is 0 Å². The van der Waals surface area contributed by atoms with Crippen LogP contribution in [0.15, 0.2) is 199 Å². The first-order chi connectivity index (χ1) is 27.7. The van der Waals surface area contributed by atoms with Crippen LogP contribution in [0.4, 0.5) is 17.1 Å². The van der Waals surface area contributed by atoms with Crippen LogP contribution in [0, 0.1) is 0 Å². The predicted octanol–water partition coefficient (Wildman–Crippen LogP) is 15.3. The summed E-state index contributed by atoms with van der Waals surface area (Å²) in [5.74, 6) is 0. The van der Waals surface area contributed by atoms with E-state index in [1.54, 1.807) is 0 Å². The minimum Gasteiger partial charge on any atom is -0.456 e. The van der Waals surface area contributed by atoms with Gasteiger partial charge in [-0.2, -0.15) is 0 Å². The van der Waals surface area contributed by atoms with Gasteiger partial charge in [-0.1, -0.05) is 109 Å². The highest BCUT2D eigenvalue weighted by molar-refractivity contribution is 7.25. The smallest absolute Gasteiger partial charge is 0.135 e. The fraction of sp³-hybridized carbons (Fsp3) is 0. The van der Waals surface area contributed by atoms with Crippen molar-refractivity contribution in [3.05, 3.63) is 194 Å². The molecule has 0 unspecified atom stereocenters. The van der Waals surface area contributed by atoms with E-state index in [9.17, 15) is 0 Å². The maximum atomic E-state index is 6.23. The van der Waals surface area contributed by atoms with E-state index < -0.39 is 0 Å². The molecule has 4 heteroatoms. The van der Waals surface area contributed by atoms with Crippen LogP contribution in [-0.4, -0.2) is 4.57 Å². The fourth-order valence-corrected chi connectivity index (χ4v) is 9.83. The number of anilines is 3. The molecule has 3 aromatic heterocycles. The lowest BCUT2D eigenvalue weighted by Crippen LogP contribution is -2.09. The van der Waals surface area contributed by atoms with Crippen molar-refractivity contribution in [2.45, 2.75) is 0 Å². The van der Waals surface area contributed by atoms with Crippen molar-refractivity contribution in [3.8, 4) is 16.8 Å². The number of nitrogens with zero attached hydrogens (tertiary/aromatic N) is 2. The zero-order chi connectivity index (χ0) is 36.7. The van der Waals surface area contributed by atoms with Crippen molar-refractivity contribution in [1.29, 1.82) is 0 Å². The van der Waals surface area contributed by atoms with Crippen molar-refractivity contribution in [2.24, 2.45) is 0 Å². The molecule has 3 heterocycles. The molecule has 12 rings (SSSR count). The van der Waals surface area contributed by atoms with E-state index in [0.717, 1.165) is 44.7 Å². The Kier molecular flexibility index (Phi) is 6.80. The number of para-hydroxylation sites is 2. The van der Waals surface area contributed by atoms with Gasteiger partial charge in [-0.05, 0) is 107 Å². The molecule has 0 fully saturated rings. The van der Waals surface area contributed by atoms with E-state index in [-0.39, 0.29) is 0 Å². The minimum atomic E-state index is 0.892. The first-order valence-corrected chi connectivity index (χ1v) is 19.8. The van der Waals surface area contributed by atoms with Crippen LogP contribution in [0.2, 0.25) is 0 Å². The molecule has 3 nitrogen and oxygen atoms in total. The fourth-order valence-electron chi connectivity index (χ4n) is 8.69. The molecule has 9 aromatic carbocycles. The molecule has 0 saturated carbocycles. The van der Waals surface area contributed by atoms with Gasteiger partial charge in [0.25, 0.3) is 0 Å². The normalized spacial score (nSPS) is 11.9. The summed E-state index contributed by atoms with van der Waals surface area (Å²) >= 11 is 1.85. The van der Waals surface area contributed by atoms with E-state index in [2.05, 4.69) is 191 Å². The maximum Gasteiger partial charge on any atom is 0.135 e. The summed E-state index contributed by atoms with van der Waals surface area (Å²) < 4.78 is 11.2. The molecule has 0 aliphatic carbocycles. The lowest BCUT2D eigenvalue weighted by atomic mass is 10.0. The predicted molar refractivity (Wildman–Crippen MR) is 239 cm³/mol. The zero-order valence-corrected chi connectivity index (χ0v) is 31.0. The van der Waals surface area contributed by atoms with Gasteiger partial charge in [-0.15, -0.1) is 11.3 Å². The summed E-state index contributed by atoms with van der Waals surface area (Å²) in [6.45, 7) is 0. The summed E-state index contributed by atoms with van der Waals surface area (Å²) in [5, 5.41) is 9.88. The molecule has 56 heavy (non-hydrogen) atoms. The molecule has 0 atom stereocenters. The quantitative estimate of drug-likeness (QED) is 0.176. The number of benzene rings is 9. The average Bonchev–Trinajstić information content (AvgIpc) is 3.92. The third-order valence-electron chi connectivity index (χ3n) is 11.4. The van der Waals surface area contributed by atoms with E-state index in [1.165, 1.54) is 63.9 Å². The lowest BCUT2D eigenvalue weighted by molar-refractivity contribution is 0.669. The topological polar surface area (TPSA) is 21.3 Å². The summed E-state index contributed by atoms with van der Waals surface area (Å²) in [6.07, 6.45) is 0. The number of thiophene rings is 1. The SMILES string of the molecule is c1ccc2cc3c(cc2c1)c1ccccc1n3-c1ccc(-c2ccc(N(c3ccc4c(c3)sc3ccccc34)c3ccc4oc5ccccc5c4c3)cc2)cc1. The summed E-state index contributed by atoms with van der Waals surface area (Å²) in [5.41, 5.74) is 11.0. The summed E-state index contributed by atoms with van der Waals surface area (Å²) in [7, 11) is 0. The Morgan fingerprint density at radius 1 is 0.375 bits per heavy atom. The van der Waals surface area contributed by atoms with Gasteiger partial charge in [0.05, 0.1) is 11.0 Å². The average molecular weight is 733 g/mol. The molecule has 0 amide bonds. The standard InChI is InChI=1S/C52H32N2OS/c1-2-10-36-30-48-45(29-35(36)9-1)41-11-3-6-14-47(41)54(48)38-23-19-34(20-24-38)33-17-21-37(22-18-33)53(39-26-28-50-46(31-39)42-12-4-7-15-49(42)55-50)40-25-27-44-43-13-5-8-16-51(43)56-52(44)32-40/h1-32H. The highest BCUT2D eigenvalue weighted by Gasteiger charge is 2.18. The Balaban J connectivity index is 0.950. The number of furan rings is 1. The maximum absolute atomic E-state index is 6.23. The molecular formula is C52H32N2OS. The molecule has 0 saturated heterocycles. The Morgan fingerprint density at radius 3 is 1.82 bits per heavy atom. The van der Waals surface area contributed by atoms with Crippen molar-refractivity contribution >= 4 is 103 Å². The monoisotopic (exact) mass is 732 g/mol. The van der Waals surface area contributed by atoms with E-state index in [0.29, 0.717) is 0 Å². The van der Waals surface area contributed by atoms with Gasteiger partial charge in [0.15, 0.2) is 0 Å². The second kappa shape index (κ2) is 12.2. The van der Waals surface area contributed by atoms with E-state index in [4.69, 9.17) is 4.42 Å². The van der Waals surface area contributed by atoms with Crippen molar-refractivity contribution in [1.82, 2.24) is 4.57 Å². The van der Waals surface area contributed by atoms with Crippen molar-refractivity contribution in [3.63, 3.8) is 0 Å². The summed E-state index contributed by atoms with van der Waals surface area (Å²) in [6, 6.07) is 70.4. The first-order valence-electron chi connectivity index (χ1n) is 19.0. The first kappa shape index (κ1) is 31.2. The Labute approximate surface area is 326 Å². The van der Waals surface area contributed by atoms with Gasteiger partial charge in [0.2, 0.25) is 0 Å². The van der Waals surface area contributed by atoms with Gasteiger partial charge in [-0.3, -0.25) is 0 Å². The third kappa shape index (κ3) is 4.83. The van der Waals surface area contributed by atoms with E-state index in [1.807, 2.05) is 23.5 Å². The number of fused-ring (bicyclic) bond motifs is 10. The summed E-state index contributed by atoms with van der Waals surface area (Å²) in [4.78, 5) is 2.36. The van der Waals surface area contributed by atoms with Gasteiger partial charge in [0, 0.05) is 64.5 Å². The van der Waals surface area contributed by atoms with Crippen LogP contribution in [0.3, 0.4) is 0 Å². The third-order valence-corrected chi connectivity index (χ3v) is 12.5. The van der Waals surface area contributed by atoms with Crippen LogP contribution in [0.5, 0.6) is 0 Å². The van der Waals surface area contributed by atoms with Crippen molar-refractivity contribution < 1.29 is 4.42 Å². The molecule has 0 bridgehead atoms. The van der Waals surface area contributed by atoms with Gasteiger partial charge < -0.3 is 13.9 Å². The number of rotatable bonds is 5. The second-order valence-electron chi connectivity index (χ2n) is 14.6. The Hall–Kier alpha value is -7.14. The molecule has 0 radical (unpaired) electrons. The molecule has 0 aliphatic heterocycles. The zero-order valence-electron chi connectivity index (χ0n) is 30.2. The van der Waals surface area contributed by atoms with Crippen LogP contribution in [-0.2, 0) is 0 Å². The largest absolute Gasteiger partial charge is 0.456 e. The second-order valence-corrected chi connectivity index (χ2v) is 15.6. The number of hydrogen-bond acceptors (Lipinski definition) is 3. The van der Waals surface area contributed by atoms with Crippen LogP contribution >= 0.6 is 11.3 Å². The number of hydrogen-bond donors (Lipinski definition) is 0. The molecular weight excluding hydrogens is 701 g/mol. The highest BCUT2D eigenvalue weighted by atomic mass is 32.1. The van der Waals surface area contributed by atoms with Crippen LogP contribution in [0.25, 0.3) is 91.5 Å². The molecule has 12 aromatic rings. The van der Waals surface area contributed by atoms with Crippen molar-refractivity contribution in [2.75, 3.05) is 4.90 Å². The molecule has 0 aliphatic rings. The Bertz CT molecular complexity index is 3480.